The molecule has 0 amide bonds. The van der Waals surface area contributed by atoms with Crippen LogP contribution in [0.2, 0.25) is 10.0 Å². The first-order chi connectivity index (χ1) is 15.6. The molecule has 5 rings (SSSR count). The summed E-state index contributed by atoms with van der Waals surface area (Å²) in [4.78, 5) is 0. The second kappa shape index (κ2) is 9.27. The lowest BCUT2D eigenvalue weighted by atomic mass is 10.1. The molecule has 1 aliphatic heterocycles. The summed E-state index contributed by atoms with van der Waals surface area (Å²) in [6.07, 6.45) is 0.552. The van der Waals surface area contributed by atoms with E-state index in [2.05, 4.69) is 43.6 Å². The van der Waals surface area contributed by atoms with E-state index in [4.69, 9.17) is 28.3 Å². The first-order valence-electron chi connectivity index (χ1n) is 9.78. The zero-order valence-electron chi connectivity index (χ0n) is 16.6. The fourth-order valence-electron chi connectivity index (χ4n) is 3.38. The van der Waals surface area contributed by atoms with Gasteiger partial charge in [0, 0.05) is 22.3 Å². The third-order valence-electron chi connectivity index (χ3n) is 5.00. The largest absolute Gasteiger partial charge is 0.353 e. The molecule has 0 radical (unpaired) electrons. The fraction of sp³-hybridized carbons (Fsp3) is 0.0870. The van der Waals surface area contributed by atoms with E-state index in [1.807, 2.05) is 59.3 Å². The van der Waals surface area contributed by atoms with E-state index < -0.39 is 0 Å². The van der Waals surface area contributed by atoms with Gasteiger partial charge in [-0.2, -0.15) is 9.78 Å². The van der Waals surface area contributed by atoms with Gasteiger partial charge in [-0.1, -0.05) is 87.3 Å². The average molecular weight is 545 g/mol. The number of aromatic nitrogens is 3. The van der Waals surface area contributed by atoms with Gasteiger partial charge in [0.05, 0.1) is 21.4 Å². The highest BCUT2D eigenvalue weighted by Crippen LogP contribution is 2.34. The van der Waals surface area contributed by atoms with E-state index >= 15 is 0 Å². The summed E-state index contributed by atoms with van der Waals surface area (Å²) in [5.41, 5.74) is 4.69. The second-order valence-electron chi connectivity index (χ2n) is 7.11. The van der Waals surface area contributed by atoms with E-state index in [9.17, 15) is 0 Å². The van der Waals surface area contributed by atoms with Gasteiger partial charge in [0.2, 0.25) is 5.16 Å². The van der Waals surface area contributed by atoms with Gasteiger partial charge in [-0.3, -0.25) is 0 Å². The lowest BCUT2D eigenvalue weighted by molar-refractivity contribution is 0.720. The number of nitrogens with zero attached hydrogens (tertiary/aromatic N) is 4. The summed E-state index contributed by atoms with van der Waals surface area (Å²) in [7, 11) is 0. The normalized spacial score (nSPS) is 12.9. The van der Waals surface area contributed by atoms with Gasteiger partial charge in [-0.05, 0) is 41.5 Å². The topological polar surface area (TPSA) is 55.1 Å². The quantitative estimate of drug-likeness (QED) is 0.293. The van der Waals surface area contributed by atoms with Crippen LogP contribution in [0, 0.1) is 0 Å². The molecule has 9 heteroatoms. The van der Waals surface area contributed by atoms with Crippen LogP contribution in [0.15, 0.2) is 81.5 Å². The van der Waals surface area contributed by atoms with Crippen LogP contribution < -0.4 is 5.32 Å². The first kappa shape index (κ1) is 21.5. The first-order valence-corrected chi connectivity index (χ1v) is 12.3. The molecule has 0 atom stereocenters. The molecule has 4 aromatic rings. The van der Waals surface area contributed by atoms with Crippen molar-refractivity contribution in [2.75, 3.05) is 11.1 Å². The molecular formula is C23H16BrCl2N5S. The van der Waals surface area contributed by atoms with Crippen molar-refractivity contribution in [2.45, 2.75) is 11.6 Å². The van der Waals surface area contributed by atoms with E-state index in [0.717, 1.165) is 43.7 Å². The molecule has 5 nitrogen and oxygen atoms in total. The summed E-state index contributed by atoms with van der Waals surface area (Å²) in [5, 5.41) is 18.9. The lowest BCUT2D eigenvalue weighted by Gasteiger charge is -2.16. The van der Waals surface area contributed by atoms with E-state index in [-0.39, 0.29) is 0 Å². The molecule has 0 spiro atoms. The predicted molar refractivity (Wildman–Crippen MR) is 136 cm³/mol. The van der Waals surface area contributed by atoms with Crippen LogP contribution in [0.5, 0.6) is 0 Å². The Bertz CT molecular complexity index is 1300. The molecule has 32 heavy (non-hydrogen) atoms. The molecule has 0 aliphatic carbocycles. The number of fused-ring (bicyclic) bond motifs is 1. The number of nitrogens with one attached hydrogen (secondary N) is 1. The Hall–Kier alpha value is -2.32. The van der Waals surface area contributed by atoms with Crippen molar-refractivity contribution in [2.24, 2.45) is 5.10 Å². The number of rotatable bonds is 5. The molecule has 1 N–H and O–H groups in total. The minimum absolute atomic E-state index is 0.552. The fourth-order valence-corrected chi connectivity index (χ4v) is 4.99. The third kappa shape index (κ3) is 4.43. The number of halogens is 3. The Labute approximate surface area is 208 Å². The Kier molecular flexibility index (Phi) is 6.24. The monoisotopic (exact) mass is 543 g/mol. The maximum absolute atomic E-state index is 6.36. The molecule has 0 bridgehead atoms. The molecule has 1 aliphatic rings. The zero-order chi connectivity index (χ0) is 22.1. The molecule has 2 heterocycles. The number of thioether (sulfide) groups is 1. The summed E-state index contributed by atoms with van der Waals surface area (Å²) in [6, 6.07) is 21.6. The Morgan fingerprint density at radius 1 is 0.938 bits per heavy atom. The van der Waals surface area contributed by atoms with Crippen LogP contribution in [-0.4, -0.2) is 26.3 Å². The molecule has 0 unspecified atom stereocenters. The third-order valence-corrected chi connectivity index (χ3v) is 7.09. The second-order valence-corrected chi connectivity index (χ2v) is 9.78. The van der Waals surface area contributed by atoms with Crippen molar-refractivity contribution >= 4 is 68.0 Å². The van der Waals surface area contributed by atoms with Crippen molar-refractivity contribution in [3.63, 3.8) is 0 Å². The Morgan fingerprint density at radius 2 is 1.69 bits per heavy atom. The number of anilines is 2. The molecule has 160 valence electrons. The minimum Gasteiger partial charge on any atom is -0.353 e. The van der Waals surface area contributed by atoms with Gasteiger partial charge < -0.3 is 5.32 Å². The maximum atomic E-state index is 6.36. The molecular weight excluding hydrogens is 529 g/mol. The van der Waals surface area contributed by atoms with Crippen molar-refractivity contribution < 1.29 is 0 Å². The summed E-state index contributed by atoms with van der Waals surface area (Å²) in [6.45, 7) is 0. The van der Waals surface area contributed by atoms with Gasteiger partial charge in [0.25, 0.3) is 0 Å². The van der Waals surface area contributed by atoms with Gasteiger partial charge in [0.1, 0.15) is 0 Å². The molecule has 0 saturated heterocycles. The molecule has 1 aromatic heterocycles. The molecule has 0 saturated carbocycles. The number of hydrogen-bond donors (Lipinski definition) is 1. The van der Waals surface area contributed by atoms with Crippen LogP contribution in [-0.2, 0) is 6.42 Å². The van der Waals surface area contributed by atoms with Crippen LogP contribution in [0.25, 0.3) is 0 Å². The van der Waals surface area contributed by atoms with Gasteiger partial charge in [-0.25, -0.2) is 0 Å². The standard InChI is InChI=1S/C23H16BrCl2N5S/c24-16-10-8-14(9-11-16)20-13-32-23-29-28-21(31(23)30-20)12-15-4-1-2-7-19(15)27-22-17(25)5-3-6-18(22)26/h1-11,27H,12-13H2. The van der Waals surface area contributed by atoms with Crippen molar-refractivity contribution in [3.8, 4) is 0 Å². The van der Waals surface area contributed by atoms with E-state index in [1.165, 1.54) is 0 Å². The molecule has 0 fully saturated rings. The minimum atomic E-state index is 0.552. The summed E-state index contributed by atoms with van der Waals surface area (Å²) >= 11 is 17.8. The van der Waals surface area contributed by atoms with Crippen molar-refractivity contribution in [1.82, 2.24) is 14.9 Å². The van der Waals surface area contributed by atoms with Gasteiger partial charge in [0.15, 0.2) is 5.82 Å². The van der Waals surface area contributed by atoms with Crippen LogP contribution >= 0.6 is 50.9 Å². The lowest BCUT2D eigenvalue weighted by Crippen LogP contribution is -2.15. The summed E-state index contributed by atoms with van der Waals surface area (Å²) in [5.74, 6) is 1.52. The van der Waals surface area contributed by atoms with Crippen LogP contribution in [0.1, 0.15) is 17.0 Å². The van der Waals surface area contributed by atoms with E-state index in [0.29, 0.717) is 22.2 Å². The predicted octanol–water partition coefficient (Wildman–Crippen LogP) is 7.04. The highest BCUT2D eigenvalue weighted by molar-refractivity contribution is 9.10. The van der Waals surface area contributed by atoms with Gasteiger partial charge in [-0.15, -0.1) is 10.2 Å². The molecule has 3 aromatic carbocycles. The maximum Gasteiger partial charge on any atom is 0.212 e. The van der Waals surface area contributed by atoms with E-state index in [1.54, 1.807) is 11.8 Å². The van der Waals surface area contributed by atoms with Crippen molar-refractivity contribution in [1.29, 1.82) is 0 Å². The zero-order valence-corrected chi connectivity index (χ0v) is 20.5. The van der Waals surface area contributed by atoms with Crippen LogP contribution in [0.3, 0.4) is 0 Å². The smallest absolute Gasteiger partial charge is 0.212 e. The highest BCUT2D eigenvalue weighted by atomic mass is 79.9. The number of benzene rings is 3. The Balaban J connectivity index is 1.46. The van der Waals surface area contributed by atoms with Crippen LogP contribution in [0.4, 0.5) is 11.4 Å². The van der Waals surface area contributed by atoms with Gasteiger partial charge >= 0.3 is 0 Å². The Morgan fingerprint density at radius 3 is 2.47 bits per heavy atom. The summed E-state index contributed by atoms with van der Waals surface area (Å²) < 4.78 is 2.88. The SMILES string of the molecule is Clc1cccc(Cl)c1Nc1ccccc1Cc1nnc2n1N=C(c1ccc(Br)cc1)CS2. The number of hydrogen-bond acceptors (Lipinski definition) is 5. The highest BCUT2D eigenvalue weighted by Gasteiger charge is 2.21. The average Bonchev–Trinajstić information content (AvgIpc) is 3.20. The van der Waals surface area contributed by atoms with Crippen molar-refractivity contribution in [3.05, 3.63) is 98.2 Å². The number of para-hydroxylation sites is 2.